The molecular formula is C7H5BF4KNO. The Balaban J connectivity index is 0.00000196. The molecule has 0 aromatic carbocycles. The van der Waals surface area contributed by atoms with Gasteiger partial charge in [0, 0.05) is 13.1 Å². The normalized spacial score (nSPS) is 10.7. The molecule has 15 heavy (non-hydrogen) atoms. The fourth-order valence-electron chi connectivity index (χ4n) is 0.891. The van der Waals surface area contributed by atoms with Crippen molar-refractivity contribution in [2.75, 3.05) is 0 Å². The molecule has 0 aliphatic rings. The van der Waals surface area contributed by atoms with E-state index in [1.54, 1.807) is 0 Å². The van der Waals surface area contributed by atoms with Crippen LogP contribution in [0.25, 0.3) is 0 Å². The van der Waals surface area contributed by atoms with E-state index in [1.165, 1.54) is 0 Å². The SMILES string of the molecule is CC(=O)c1ncc([B-](F)(F)F)cc1F.[K+]. The first-order valence-corrected chi connectivity index (χ1v) is 3.68. The van der Waals surface area contributed by atoms with Gasteiger partial charge < -0.3 is 12.9 Å². The number of nitrogens with zero attached hydrogens (tertiary/aromatic N) is 1. The summed E-state index contributed by atoms with van der Waals surface area (Å²) in [7, 11) is 0. The first-order valence-electron chi connectivity index (χ1n) is 3.68. The molecule has 2 nitrogen and oxygen atoms in total. The minimum atomic E-state index is -5.27. The zero-order chi connectivity index (χ0) is 10.9. The Hall–Kier alpha value is 0.241. The number of hydrogen-bond donors (Lipinski definition) is 0. The summed E-state index contributed by atoms with van der Waals surface area (Å²) in [4.78, 5) is 13.8. The van der Waals surface area contributed by atoms with Gasteiger partial charge in [-0.15, -0.1) is 0 Å². The number of halogens is 4. The quantitative estimate of drug-likeness (QED) is 0.360. The van der Waals surface area contributed by atoms with Gasteiger partial charge >= 0.3 is 58.4 Å². The fourth-order valence-corrected chi connectivity index (χ4v) is 0.891. The van der Waals surface area contributed by atoms with E-state index in [4.69, 9.17) is 0 Å². The first kappa shape index (κ1) is 15.2. The Morgan fingerprint density at radius 2 is 1.93 bits per heavy atom. The summed E-state index contributed by atoms with van der Waals surface area (Å²) >= 11 is 0. The maximum absolute atomic E-state index is 12.9. The van der Waals surface area contributed by atoms with Gasteiger partial charge in [-0.05, 0) is 6.07 Å². The standard InChI is InChI=1S/C7H5BF4NO.K/c1-4(14)7-6(9)2-5(3-13-7)8(10,11)12;/h2-3H,1H3;/q-1;+1. The molecule has 0 aliphatic carbocycles. The number of carbonyl (C=O) groups excluding carboxylic acids is 1. The third kappa shape index (κ3) is 3.95. The molecule has 0 saturated carbocycles. The van der Waals surface area contributed by atoms with Gasteiger partial charge in [0.25, 0.3) is 0 Å². The van der Waals surface area contributed by atoms with Crippen LogP contribution in [0, 0.1) is 5.82 Å². The Bertz CT molecular complexity index is 382. The molecule has 0 unspecified atom stereocenters. The third-order valence-electron chi connectivity index (χ3n) is 1.57. The van der Waals surface area contributed by atoms with Gasteiger partial charge in [0.15, 0.2) is 5.78 Å². The van der Waals surface area contributed by atoms with Crippen molar-refractivity contribution in [3.63, 3.8) is 0 Å². The Kier molecular flexibility index (Phi) is 5.62. The van der Waals surface area contributed by atoms with Gasteiger partial charge in [0.1, 0.15) is 11.5 Å². The molecule has 0 N–H and O–H groups in total. The van der Waals surface area contributed by atoms with Crippen molar-refractivity contribution in [1.29, 1.82) is 0 Å². The molecule has 0 spiro atoms. The van der Waals surface area contributed by atoms with E-state index < -0.39 is 29.7 Å². The van der Waals surface area contributed by atoms with Crippen LogP contribution in [0.1, 0.15) is 17.4 Å². The predicted octanol–water partition coefficient (Wildman–Crippen LogP) is -1.52. The summed E-state index contributed by atoms with van der Waals surface area (Å²) in [5.41, 5.74) is -1.72. The van der Waals surface area contributed by atoms with Crippen molar-refractivity contribution in [2.24, 2.45) is 0 Å². The molecule has 8 heteroatoms. The van der Waals surface area contributed by atoms with E-state index in [1.807, 2.05) is 0 Å². The van der Waals surface area contributed by atoms with E-state index >= 15 is 0 Å². The summed E-state index contributed by atoms with van der Waals surface area (Å²) in [5.74, 6) is -1.95. The molecular weight excluding hydrogens is 240 g/mol. The van der Waals surface area contributed by atoms with Gasteiger partial charge in [0.2, 0.25) is 0 Å². The average molecular weight is 245 g/mol. The van der Waals surface area contributed by atoms with E-state index in [-0.39, 0.29) is 57.5 Å². The molecule has 1 aromatic rings. The Morgan fingerprint density at radius 1 is 1.40 bits per heavy atom. The molecule has 76 valence electrons. The van der Waals surface area contributed by atoms with E-state index in [0.29, 0.717) is 6.20 Å². The molecule has 0 amide bonds. The maximum atomic E-state index is 12.9. The minimum Gasteiger partial charge on any atom is -0.445 e. The van der Waals surface area contributed by atoms with Gasteiger partial charge in [-0.1, -0.05) is 5.46 Å². The monoisotopic (exact) mass is 245 g/mol. The van der Waals surface area contributed by atoms with Crippen molar-refractivity contribution < 1.29 is 73.5 Å². The number of rotatable bonds is 2. The van der Waals surface area contributed by atoms with Crippen molar-refractivity contribution >= 4 is 18.2 Å². The number of hydrogen-bond acceptors (Lipinski definition) is 2. The van der Waals surface area contributed by atoms with Crippen molar-refractivity contribution in [1.82, 2.24) is 4.98 Å². The van der Waals surface area contributed by atoms with Crippen LogP contribution in [0.15, 0.2) is 12.3 Å². The second kappa shape index (κ2) is 5.53. The zero-order valence-corrected chi connectivity index (χ0v) is 11.2. The van der Waals surface area contributed by atoms with Gasteiger partial charge in [-0.2, -0.15) is 0 Å². The smallest absolute Gasteiger partial charge is 0.445 e. The van der Waals surface area contributed by atoms with Crippen LogP contribution in [0.4, 0.5) is 17.3 Å². The molecule has 0 bridgehead atoms. The number of carbonyl (C=O) groups is 1. The van der Waals surface area contributed by atoms with Crippen LogP contribution < -0.4 is 56.8 Å². The van der Waals surface area contributed by atoms with E-state index in [2.05, 4.69) is 4.98 Å². The predicted molar refractivity (Wildman–Crippen MR) is 42.9 cm³/mol. The largest absolute Gasteiger partial charge is 1.00 e. The van der Waals surface area contributed by atoms with Crippen LogP contribution in [-0.2, 0) is 0 Å². The second-order valence-electron chi connectivity index (χ2n) is 2.73. The fraction of sp³-hybridized carbons (Fsp3) is 0.143. The summed E-state index contributed by atoms with van der Waals surface area (Å²) in [6.07, 6.45) is 0.458. The Labute approximate surface area is 126 Å². The van der Waals surface area contributed by atoms with Crippen LogP contribution >= 0.6 is 0 Å². The van der Waals surface area contributed by atoms with Gasteiger partial charge in [-0.3, -0.25) is 9.78 Å². The summed E-state index contributed by atoms with van der Waals surface area (Å²) < 4.78 is 49.1. The molecule has 1 heterocycles. The summed E-state index contributed by atoms with van der Waals surface area (Å²) in [5, 5.41) is 0. The molecule has 1 rings (SSSR count). The van der Waals surface area contributed by atoms with Crippen LogP contribution in [0.3, 0.4) is 0 Å². The number of Topliss-reactive ketones (excluding diaryl/α,β-unsaturated/α-hetero) is 1. The number of pyridine rings is 1. The first-order chi connectivity index (χ1) is 6.32. The van der Waals surface area contributed by atoms with Crippen LogP contribution in [-0.4, -0.2) is 17.7 Å². The number of aromatic nitrogens is 1. The summed E-state index contributed by atoms with van der Waals surface area (Å²) in [6, 6.07) is 0.281. The molecule has 0 atom stereocenters. The van der Waals surface area contributed by atoms with Gasteiger partial charge in [-0.25, -0.2) is 4.39 Å². The third-order valence-corrected chi connectivity index (χ3v) is 1.57. The maximum Gasteiger partial charge on any atom is 1.00 e. The second-order valence-corrected chi connectivity index (χ2v) is 2.73. The summed E-state index contributed by atoms with van der Waals surface area (Å²) in [6.45, 7) is -4.24. The van der Waals surface area contributed by atoms with Crippen molar-refractivity contribution in [3.05, 3.63) is 23.8 Å². The molecule has 1 aromatic heterocycles. The number of ketones is 1. The molecule has 0 radical (unpaired) electrons. The van der Waals surface area contributed by atoms with Crippen LogP contribution in [0.2, 0.25) is 0 Å². The average Bonchev–Trinajstić information content (AvgIpc) is 2.01. The topological polar surface area (TPSA) is 30.0 Å². The molecule has 0 fully saturated rings. The van der Waals surface area contributed by atoms with Crippen molar-refractivity contribution in [2.45, 2.75) is 6.92 Å². The molecule has 0 saturated heterocycles. The van der Waals surface area contributed by atoms with Gasteiger partial charge in [0.05, 0.1) is 0 Å². The zero-order valence-electron chi connectivity index (χ0n) is 8.10. The van der Waals surface area contributed by atoms with Crippen LogP contribution in [0.5, 0.6) is 0 Å². The Morgan fingerprint density at radius 3 is 2.27 bits per heavy atom. The molecule has 0 aliphatic heterocycles. The minimum absolute atomic E-state index is 0. The van der Waals surface area contributed by atoms with E-state index in [9.17, 15) is 22.1 Å². The van der Waals surface area contributed by atoms with Crippen molar-refractivity contribution in [3.8, 4) is 0 Å². The van der Waals surface area contributed by atoms with E-state index in [0.717, 1.165) is 6.92 Å².